The van der Waals surface area contributed by atoms with Crippen LogP contribution in [0, 0.1) is 0 Å². The molecule has 0 aliphatic carbocycles. The number of carbonyl (C=O) groups excluding carboxylic acids is 1. The van der Waals surface area contributed by atoms with Crippen molar-refractivity contribution in [1.82, 2.24) is 5.32 Å². The van der Waals surface area contributed by atoms with E-state index in [1.54, 1.807) is 6.07 Å². The fourth-order valence-corrected chi connectivity index (χ4v) is 1.54. The Morgan fingerprint density at radius 3 is 2.75 bits per heavy atom. The topological polar surface area (TPSA) is 49.3 Å². The second kappa shape index (κ2) is 7.25. The van der Waals surface area contributed by atoms with E-state index >= 15 is 0 Å². The Morgan fingerprint density at radius 2 is 2.06 bits per heavy atom. The molecule has 0 spiro atoms. The highest BCUT2D eigenvalue weighted by molar-refractivity contribution is 6.31. The molecule has 4 heteroatoms. The number of hydrogen-bond donors (Lipinski definition) is 2. The van der Waals surface area contributed by atoms with Crippen LogP contribution in [0.25, 0.3) is 0 Å². The molecule has 3 nitrogen and oxygen atoms in total. The molecule has 1 aromatic carbocycles. The van der Waals surface area contributed by atoms with Gasteiger partial charge in [-0.05, 0) is 24.5 Å². The average molecular weight is 242 g/mol. The van der Waals surface area contributed by atoms with Crippen LogP contribution in [0.3, 0.4) is 0 Å². The Morgan fingerprint density at radius 1 is 1.31 bits per heavy atom. The number of halogens is 1. The molecule has 0 heterocycles. The summed E-state index contributed by atoms with van der Waals surface area (Å²) in [6, 6.07) is 7.32. The highest BCUT2D eigenvalue weighted by Crippen LogP contribution is 2.15. The summed E-state index contributed by atoms with van der Waals surface area (Å²) in [7, 11) is 0. The largest absolute Gasteiger partial charge is 0.396 e. The van der Waals surface area contributed by atoms with Gasteiger partial charge in [-0.2, -0.15) is 0 Å². The molecule has 0 unspecified atom stereocenters. The lowest BCUT2D eigenvalue weighted by atomic mass is 10.1. The van der Waals surface area contributed by atoms with Gasteiger partial charge in [-0.3, -0.25) is 4.79 Å². The minimum atomic E-state index is -0.0361. The van der Waals surface area contributed by atoms with E-state index < -0.39 is 0 Å². The van der Waals surface area contributed by atoms with E-state index in [1.165, 1.54) is 0 Å². The predicted octanol–water partition coefficient (Wildman–Crippen LogP) is 1.77. The highest BCUT2D eigenvalue weighted by atomic mass is 35.5. The molecule has 2 N–H and O–H groups in total. The summed E-state index contributed by atoms with van der Waals surface area (Å²) < 4.78 is 0. The van der Waals surface area contributed by atoms with Crippen molar-refractivity contribution in [2.45, 2.75) is 19.3 Å². The van der Waals surface area contributed by atoms with E-state index in [0.717, 1.165) is 12.0 Å². The number of nitrogens with one attached hydrogen (secondary N) is 1. The first kappa shape index (κ1) is 13.0. The molecular formula is C12H16ClNO2. The van der Waals surface area contributed by atoms with Crippen molar-refractivity contribution in [2.24, 2.45) is 0 Å². The van der Waals surface area contributed by atoms with Crippen molar-refractivity contribution in [2.75, 3.05) is 13.2 Å². The number of carbonyl (C=O) groups is 1. The lowest BCUT2D eigenvalue weighted by Gasteiger charge is -2.05. The molecule has 0 aliphatic heterocycles. The molecule has 0 fully saturated rings. The predicted molar refractivity (Wildman–Crippen MR) is 64.5 cm³/mol. The number of aliphatic hydroxyl groups is 1. The summed E-state index contributed by atoms with van der Waals surface area (Å²) in [5.41, 5.74) is 0.837. The smallest absolute Gasteiger partial charge is 0.224 e. The van der Waals surface area contributed by atoms with Crippen LogP contribution in [-0.4, -0.2) is 24.2 Å². The molecule has 0 aromatic heterocycles. The first-order chi connectivity index (χ1) is 7.74. The Balaban J connectivity index is 2.32. The van der Waals surface area contributed by atoms with Gasteiger partial charge in [0.2, 0.25) is 5.91 Å². The zero-order valence-electron chi connectivity index (χ0n) is 9.08. The van der Waals surface area contributed by atoms with Gasteiger partial charge in [0.25, 0.3) is 0 Å². The van der Waals surface area contributed by atoms with E-state index in [0.29, 0.717) is 24.4 Å². The number of hydrogen-bond acceptors (Lipinski definition) is 2. The number of aliphatic hydroxyl groups excluding tert-OH is 1. The fraction of sp³-hybridized carbons (Fsp3) is 0.417. The van der Waals surface area contributed by atoms with Gasteiger partial charge in [-0.15, -0.1) is 0 Å². The molecule has 0 aliphatic rings. The van der Waals surface area contributed by atoms with Gasteiger partial charge in [-0.25, -0.2) is 0 Å². The average Bonchev–Trinajstić information content (AvgIpc) is 2.28. The SMILES string of the molecule is O=C(Cc1ccccc1Cl)NCCCCO. The summed E-state index contributed by atoms with van der Waals surface area (Å²) in [6.45, 7) is 0.768. The lowest BCUT2D eigenvalue weighted by Crippen LogP contribution is -2.26. The summed E-state index contributed by atoms with van der Waals surface area (Å²) in [6.07, 6.45) is 1.82. The van der Waals surface area contributed by atoms with Crippen LogP contribution in [-0.2, 0) is 11.2 Å². The molecule has 16 heavy (non-hydrogen) atoms. The van der Waals surface area contributed by atoms with Crippen LogP contribution in [0.2, 0.25) is 5.02 Å². The Bertz CT molecular complexity index is 342. The third kappa shape index (κ3) is 4.64. The first-order valence-electron chi connectivity index (χ1n) is 5.35. The molecule has 1 amide bonds. The molecule has 0 saturated heterocycles. The standard InChI is InChI=1S/C12H16ClNO2/c13-11-6-2-1-5-10(11)9-12(16)14-7-3-4-8-15/h1-2,5-6,15H,3-4,7-9H2,(H,14,16). The van der Waals surface area contributed by atoms with Crippen LogP contribution in [0.15, 0.2) is 24.3 Å². The third-order valence-corrected chi connectivity index (χ3v) is 2.58. The molecule has 0 saturated carbocycles. The van der Waals surface area contributed by atoms with E-state index in [9.17, 15) is 4.79 Å². The van der Waals surface area contributed by atoms with Crippen LogP contribution in [0.4, 0.5) is 0 Å². The van der Waals surface area contributed by atoms with Crippen molar-refractivity contribution in [3.63, 3.8) is 0 Å². The van der Waals surface area contributed by atoms with Crippen molar-refractivity contribution in [1.29, 1.82) is 0 Å². The Labute approximate surface area is 100 Å². The number of rotatable bonds is 6. The van der Waals surface area contributed by atoms with Crippen molar-refractivity contribution >= 4 is 17.5 Å². The molecule has 0 atom stereocenters. The molecule has 88 valence electrons. The second-order valence-corrected chi connectivity index (χ2v) is 3.96. The number of amides is 1. The summed E-state index contributed by atoms with van der Waals surface area (Å²) in [4.78, 5) is 11.5. The number of benzene rings is 1. The molecule has 0 bridgehead atoms. The molecular weight excluding hydrogens is 226 g/mol. The first-order valence-corrected chi connectivity index (χ1v) is 5.73. The summed E-state index contributed by atoms with van der Waals surface area (Å²) in [5, 5.41) is 12.0. The minimum Gasteiger partial charge on any atom is -0.396 e. The van der Waals surface area contributed by atoms with Gasteiger partial charge < -0.3 is 10.4 Å². The van der Waals surface area contributed by atoms with Crippen molar-refractivity contribution < 1.29 is 9.90 Å². The van der Waals surface area contributed by atoms with E-state index in [1.807, 2.05) is 18.2 Å². The lowest BCUT2D eigenvalue weighted by molar-refractivity contribution is -0.120. The van der Waals surface area contributed by atoms with Gasteiger partial charge in [-0.1, -0.05) is 29.8 Å². The maximum absolute atomic E-state index is 11.5. The maximum atomic E-state index is 11.5. The van der Waals surface area contributed by atoms with Crippen molar-refractivity contribution in [3.8, 4) is 0 Å². The van der Waals surface area contributed by atoms with Crippen LogP contribution < -0.4 is 5.32 Å². The Hall–Kier alpha value is -1.06. The Kier molecular flexibility index (Phi) is 5.90. The molecule has 1 rings (SSSR count). The van der Waals surface area contributed by atoms with Gasteiger partial charge in [0.05, 0.1) is 6.42 Å². The number of unbranched alkanes of at least 4 members (excludes halogenated alkanes) is 1. The normalized spacial score (nSPS) is 10.1. The third-order valence-electron chi connectivity index (χ3n) is 2.22. The van der Waals surface area contributed by atoms with E-state index in [-0.39, 0.29) is 12.5 Å². The summed E-state index contributed by atoms with van der Waals surface area (Å²) >= 11 is 5.94. The quantitative estimate of drug-likeness (QED) is 0.746. The van der Waals surface area contributed by atoms with Crippen molar-refractivity contribution in [3.05, 3.63) is 34.9 Å². The summed E-state index contributed by atoms with van der Waals surface area (Å²) in [5.74, 6) is -0.0361. The monoisotopic (exact) mass is 241 g/mol. The van der Waals surface area contributed by atoms with Crippen LogP contribution >= 0.6 is 11.6 Å². The van der Waals surface area contributed by atoms with Crippen LogP contribution in [0.5, 0.6) is 0 Å². The van der Waals surface area contributed by atoms with Gasteiger partial charge in [0.1, 0.15) is 0 Å². The highest BCUT2D eigenvalue weighted by Gasteiger charge is 2.05. The maximum Gasteiger partial charge on any atom is 0.224 e. The van der Waals surface area contributed by atoms with E-state index in [2.05, 4.69) is 5.32 Å². The van der Waals surface area contributed by atoms with Crippen LogP contribution in [0.1, 0.15) is 18.4 Å². The zero-order chi connectivity index (χ0) is 11.8. The minimum absolute atomic E-state index is 0.0361. The van der Waals surface area contributed by atoms with Gasteiger partial charge in [0.15, 0.2) is 0 Å². The molecule has 0 radical (unpaired) electrons. The molecule has 1 aromatic rings. The van der Waals surface area contributed by atoms with Gasteiger partial charge in [0, 0.05) is 18.2 Å². The van der Waals surface area contributed by atoms with E-state index in [4.69, 9.17) is 16.7 Å². The fourth-order valence-electron chi connectivity index (χ4n) is 1.34. The van der Waals surface area contributed by atoms with Gasteiger partial charge >= 0.3 is 0 Å². The zero-order valence-corrected chi connectivity index (χ0v) is 9.83. The second-order valence-electron chi connectivity index (χ2n) is 3.55.